The Morgan fingerprint density at radius 1 is 1.00 bits per heavy atom. The van der Waals surface area contributed by atoms with E-state index >= 15 is 0 Å². The molecule has 1 heteroatoms. The summed E-state index contributed by atoms with van der Waals surface area (Å²) in [7, 11) is 1.85. The monoisotopic (exact) mass is 214 g/mol. The molecule has 0 bridgehead atoms. The first-order chi connectivity index (χ1) is 6.99. The lowest BCUT2D eigenvalue weighted by atomic mass is 9.89. The molecule has 0 rings (SSSR count). The van der Waals surface area contributed by atoms with Crippen molar-refractivity contribution in [2.24, 2.45) is 5.41 Å². The molecule has 0 saturated heterocycles. The Morgan fingerprint density at radius 2 is 1.60 bits per heavy atom. The standard InChI is InChI=1S/C14H30O/c1-6-7-8-10-13(15-5)11-9-12-14(2,3)4/h13H,6-12H2,1-5H3/t13-/m1/s1. The van der Waals surface area contributed by atoms with E-state index in [4.69, 9.17) is 4.74 Å². The van der Waals surface area contributed by atoms with E-state index in [9.17, 15) is 0 Å². The predicted octanol–water partition coefficient (Wildman–Crippen LogP) is 4.80. The number of unbranched alkanes of at least 4 members (excludes halogenated alkanes) is 2. The molecule has 1 nitrogen and oxygen atoms in total. The van der Waals surface area contributed by atoms with Crippen molar-refractivity contribution in [2.45, 2.75) is 78.7 Å². The summed E-state index contributed by atoms with van der Waals surface area (Å²) in [4.78, 5) is 0. The summed E-state index contributed by atoms with van der Waals surface area (Å²) >= 11 is 0. The lowest BCUT2D eigenvalue weighted by molar-refractivity contribution is 0.0810. The van der Waals surface area contributed by atoms with Crippen molar-refractivity contribution < 1.29 is 4.74 Å². The van der Waals surface area contributed by atoms with Crippen LogP contribution >= 0.6 is 0 Å². The van der Waals surface area contributed by atoms with Crippen molar-refractivity contribution in [3.8, 4) is 0 Å². The summed E-state index contributed by atoms with van der Waals surface area (Å²) in [6.07, 6.45) is 9.56. The van der Waals surface area contributed by atoms with Crippen LogP contribution in [0.5, 0.6) is 0 Å². The summed E-state index contributed by atoms with van der Waals surface area (Å²) in [5.41, 5.74) is 0.474. The summed E-state index contributed by atoms with van der Waals surface area (Å²) in [5, 5.41) is 0. The Kier molecular flexibility index (Phi) is 8.13. The lowest BCUT2D eigenvalue weighted by Crippen LogP contribution is -2.12. The topological polar surface area (TPSA) is 9.23 Å². The van der Waals surface area contributed by atoms with E-state index < -0.39 is 0 Å². The second kappa shape index (κ2) is 8.15. The molecule has 15 heavy (non-hydrogen) atoms. The highest BCUT2D eigenvalue weighted by molar-refractivity contribution is 4.64. The molecule has 0 N–H and O–H groups in total. The summed E-state index contributed by atoms with van der Waals surface area (Å²) in [5.74, 6) is 0. The van der Waals surface area contributed by atoms with Crippen LogP contribution < -0.4 is 0 Å². The third-order valence-electron chi connectivity index (χ3n) is 2.92. The molecule has 0 amide bonds. The van der Waals surface area contributed by atoms with Crippen molar-refractivity contribution in [1.29, 1.82) is 0 Å². The quantitative estimate of drug-likeness (QED) is 0.527. The third-order valence-corrected chi connectivity index (χ3v) is 2.92. The molecule has 0 aromatic rings. The molecule has 0 aliphatic heterocycles. The van der Waals surface area contributed by atoms with Gasteiger partial charge >= 0.3 is 0 Å². The molecule has 92 valence electrons. The van der Waals surface area contributed by atoms with Gasteiger partial charge in [0.1, 0.15) is 0 Å². The molecule has 0 heterocycles. The van der Waals surface area contributed by atoms with E-state index in [0.717, 1.165) is 0 Å². The lowest BCUT2D eigenvalue weighted by Gasteiger charge is -2.20. The number of hydrogen-bond donors (Lipinski definition) is 0. The summed E-state index contributed by atoms with van der Waals surface area (Å²) < 4.78 is 5.51. The van der Waals surface area contributed by atoms with Crippen molar-refractivity contribution >= 4 is 0 Å². The Bertz CT molecular complexity index is 135. The predicted molar refractivity (Wildman–Crippen MR) is 68.2 cm³/mol. The van der Waals surface area contributed by atoms with Gasteiger partial charge in [0.15, 0.2) is 0 Å². The van der Waals surface area contributed by atoms with Gasteiger partial charge in [-0.1, -0.05) is 53.4 Å². The molecule has 0 aliphatic carbocycles. The van der Waals surface area contributed by atoms with E-state index in [2.05, 4.69) is 27.7 Å². The average Bonchev–Trinajstić information content (AvgIpc) is 2.14. The van der Waals surface area contributed by atoms with Crippen LogP contribution in [0.4, 0.5) is 0 Å². The fraction of sp³-hybridized carbons (Fsp3) is 1.00. The normalized spacial score (nSPS) is 14.2. The van der Waals surface area contributed by atoms with E-state index in [-0.39, 0.29) is 0 Å². The minimum atomic E-state index is 0.474. The van der Waals surface area contributed by atoms with Gasteiger partial charge < -0.3 is 4.74 Å². The molecular formula is C14H30O. The Balaban J connectivity index is 3.52. The molecule has 1 atom stereocenters. The number of methoxy groups -OCH3 is 1. The van der Waals surface area contributed by atoms with E-state index in [1.54, 1.807) is 0 Å². The van der Waals surface area contributed by atoms with Crippen LogP contribution in [-0.2, 0) is 4.74 Å². The van der Waals surface area contributed by atoms with E-state index in [1.165, 1.54) is 44.9 Å². The van der Waals surface area contributed by atoms with Crippen molar-refractivity contribution in [1.82, 2.24) is 0 Å². The van der Waals surface area contributed by atoms with Crippen molar-refractivity contribution in [3.05, 3.63) is 0 Å². The van der Waals surface area contributed by atoms with Gasteiger partial charge in [-0.3, -0.25) is 0 Å². The van der Waals surface area contributed by atoms with Gasteiger partial charge in [-0.2, -0.15) is 0 Å². The maximum Gasteiger partial charge on any atom is 0.0571 e. The van der Waals surface area contributed by atoms with Crippen LogP contribution in [-0.4, -0.2) is 13.2 Å². The zero-order valence-corrected chi connectivity index (χ0v) is 11.4. The van der Waals surface area contributed by atoms with Crippen molar-refractivity contribution in [3.63, 3.8) is 0 Å². The maximum absolute atomic E-state index is 5.51. The van der Waals surface area contributed by atoms with Crippen LogP contribution in [0.1, 0.15) is 72.6 Å². The van der Waals surface area contributed by atoms with Crippen LogP contribution in [0.25, 0.3) is 0 Å². The molecule has 0 aromatic carbocycles. The molecule has 0 aliphatic rings. The number of rotatable bonds is 8. The largest absolute Gasteiger partial charge is 0.381 e. The highest BCUT2D eigenvalue weighted by atomic mass is 16.5. The molecule has 0 saturated carbocycles. The smallest absolute Gasteiger partial charge is 0.0571 e. The molecular weight excluding hydrogens is 184 g/mol. The maximum atomic E-state index is 5.51. The van der Waals surface area contributed by atoms with Crippen molar-refractivity contribution in [2.75, 3.05) is 7.11 Å². The molecule has 0 spiro atoms. The van der Waals surface area contributed by atoms with E-state index in [0.29, 0.717) is 11.5 Å². The first kappa shape index (κ1) is 15.0. The first-order valence-corrected chi connectivity index (χ1v) is 6.52. The highest BCUT2D eigenvalue weighted by Gasteiger charge is 2.12. The Morgan fingerprint density at radius 3 is 2.07 bits per heavy atom. The van der Waals surface area contributed by atoms with Gasteiger partial charge in [-0.15, -0.1) is 0 Å². The molecule has 0 unspecified atom stereocenters. The molecule has 0 radical (unpaired) electrons. The zero-order chi connectivity index (χ0) is 11.7. The average molecular weight is 214 g/mol. The second-order valence-electron chi connectivity index (χ2n) is 5.81. The van der Waals surface area contributed by atoms with Crippen LogP contribution in [0, 0.1) is 5.41 Å². The van der Waals surface area contributed by atoms with Crippen LogP contribution in [0.2, 0.25) is 0 Å². The summed E-state index contributed by atoms with van der Waals surface area (Å²) in [6, 6.07) is 0. The first-order valence-electron chi connectivity index (χ1n) is 6.52. The van der Waals surface area contributed by atoms with Gasteiger partial charge in [0.2, 0.25) is 0 Å². The number of ether oxygens (including phenoxy) is 1. The SMILES string of the molecule is CCCCC[C@H](CCCC(C)(C)C)OC. The van der Waals surface area contributed by atoms with Gasteiger partial charge in [-0.25, -0.2) is 0 Å². The second-order valence-corrected chi connectivity index (χ2v) is 5.81. The van der Waals surface area contributed by atoms with Crippen LogP contribution in [0.15, 0.2) is 0 Å². The Hall–Kier alpha value is -0.0400. The third kappa shape index (κ3) is 10.2. The van der Waals surface area contributed by atoms with Gasteiger partial charge in [0, 0.05) is 7.11 Å². The minimum Gasteiger partial charge on any atom is -0.381 e. The fourth-order valence-electron chi connectivity index (χ4n) is 1.86. The number of hydrogen-bond acceptors (Lipinski definition) is 1. The highest BCUT2D eigenvalue weighted by Crippen LogP contribution is 2.23. The molecule has 0 fully saturated rings. The van der Waals surface area contributed by atoms with Crippen LogP contribution in [0.3, 0.4) is 0 Å². The fourth-order valence-corrected chi connectivity index (χ4v) is 1.86. The van der Waals surface area contributed by atoms with Gasteiger partial charge in [0.25, 0.3) is 0 Å². The van der Waals surface area contributed by atoms with Gasteiger partial charge in [-0.05, 0) is 24.7 Å². The zero-order valence-electron chi connectivity index (χ0n) is 11.4. The van der Waals surface area contributed by atoms with E-state index in [1.807, 2.05) is 7.11 Å². The minimum absolute atomic E-state index is 0.474. The van der Waals surface area contributed by atoms with Gasteiger partial charge in [0.05, 0.1) is 6.10 Å². The summed E-state index contributed by atoms with van der Waals surface area (Å²) in [6.45, 7) is 9.19. The molecule has 0 aromatic heterocycles. The Labute approximate surface area is 96.6 Å².